The molecule has 0 heterocycles. The number of hydrogen-bond donors (Lipinski definition) is 3. The number of nitrogens with one attached hydrogen (secondary N) is 2. The Labute approximate surface area is 131 Å². The van der Waals surface area contributed by atoms with Crippen molar-refractivity contribution in [1.29, 1.82) is 0 Å². The van der Waals surface area contributed by atoms with Crippen LogP contribution >= 0.6 is 0 Å². The number of para-hydroxylation sites is 1. The van der Waals surface area contributed by atoms with Gasteiger partial charge >= 0.3 is 0 Å². The number of carbonyl (C=O) groups is 1. The highest BCUT2D eigenvalue weighted by Gasteiger charge is 2.10. The van der Waals surface area contributed by atoms with Crippen molar-refractivity contribution < 1.29 is 9.90 Å². The Bertz CT molecular complexity index is 612. The molecular weight excluding hydrogens is 276 g/mol. The summed E-state index contributed by atoms with van der Waals surface area (Å²) in [5, 5.41) is 15.9. The zero-order chi connectivity index (χ0) is 15.8. The fraction of sp³-hybridized carbons (Fsp3) is 0.278. The molecule has 2 aromatic carbocycles. The van der Waals surface area contributed by atoms with E-state index < -0.39 is 0 Å². The Morgan fingerprint density at radius 1 is 1.09 bits per heavy atom. The number of carbonyl (C=O) groups excluding carboxylic acids is 1. The number of phenolic OH excluding ortho intramolecular Hbond substituents is 1. The molecule has 0 saturated carbocycles. The van der Waals surface area contributed by atoms with Gasteiger partial charge in [-0.3, -0.25) is 4.79 Å². The lowest BCUT2D eigenvalue weighted by Crippen LogP contribution is -2.26. The monoisotopic (exact) mass is 298 g/mol. The molecule has 1 amide bonds. The van der Waals surface area contributed by atoms with Gasteiger partial charge in [0.05, 0.1) is 5.56 Å². The first-order valence-electron chi connectivity index (χ1n) is 7.59. The molecule has 0 saturated heterocycles. The summed E-state index contributed by atoms with van der Waals surface area (Å²) in [6.45, 7) is 3.36. The van der Waals surface area contributed by atoms with Crippen molar-refractivity contribution >= 4 is 11.6 Å². The topological polar surface area (TPSA) is 61.4 Å². The van der Waals surface area contributed by atoms with E-state index in [0.29, 0.717) is 12.1 Å². The van der Waals surface area contributed by atoms with Crippen molar-refractivity contribution in [2.45, 2.75) is 19.8 Å². The van der Waals surface area contributed by atoms with Crippen LogP contribution < -0.4 is 10.6 Å². The van der Waals surface area contributed by atoms with Crippen LogP contribution in [0.15, 0.2) is 48.5 Å². The van der Waals surface area contributed by atoms with Gasteiger partial charge in [0.1, 0.15) is 5.75 Å². The van der Waals surface area contributed by atoms with Gasteiger partial charge in [-0.25, -0.2) is 0 Å². The Kier molecular flexibility index (Phi) is 5.83. The van der Waals surface area contributed by atoms with E-state index in [4.69, 9.17) is 0 Å². The predicted molar refractivity (Wildman–Crippen MR) is 89.4 cm³/mol. The van der Waals surface area contributed by atoms with Crippen LogP contribution in [-0.2, 0) is 6.42 Å². The second-order valence-electron chi connectivity index (χ2n) is 5.11. The molecule has 4 nitrogen and oxygen atoms in total. The molecule has 0 fully saturated rings. The van der Waals surface area contributed by atoms with Gasteiger partial charge in [0.15, 0.2) is 0 Å². The van der Waals surface area contributed by atoms with E-state index in [1.165, 1.54) is 0 Å². The van der Waals surface area contributed by atoms with Gasteiger partial charge in [0, 0.05) is 18.8 Å². The lowest BCUT2D eigenvalue weighted by molar-refractivity contribution is 0.0951. The molecule has 2 aromatic rings. The molecular formula is C18H22N2O2. The Hall–Kier alpha value is -2.49. The molecule has 0 aromatic heterocycles. The normalized spacial score (nSPS) is 10.2. The van der Waals surface area contributed by atoms with E-state index in [-0.39, 0.29) is 11.7 Å². The third-order valence-electron chi connectivity index (χ3n) is 3.46. The first kappa shape index (κ1) is 15.9. The molecule has 0 spiro atoms. The standard InChI is InChI=1S/C18H22N2O2/c1-2-14-9-10-17(21)16(13-14)18(22)20-12-6-11-19-15-7-4-3-5-8-15/h3-5,7-10,13,19,21H,2,6,11-12H2,1H3,(H,20,22). The number of phenols is 1. The van der Waals surface area contributed by atoms with Crippen molar-refractivity contribution in [2.24, 2.45) is 0 Å². The molecule has 0 bridgehead atoms. The highest BCUT2D eigenvalue weighted by Crippen LogP contribution is 2.18. The summed E-state index contributed by atoms with van der Waals surface area (Å²) in [5.74, 6) is -0.204. The number of aromatic hydroxyl groups is 1. The number of hydrogen-bond acceptors (Lipinski definition) is 3. The average Bonchev–Trinajstić information content (AvgIpc) is 2.55. The molecule has 0 radical (unpaired) electrons. The van der Waals surface area contributed by atoms with Crippen molar-refractivity contribution in [2.75, 3.05) is 18.4 Å². The first-order chi connectivity index (χ1) is 10.7. The van der Waals surface area contributed by atoms with Gasteiger partial charge in [-0.05, 0) is 42.7 Å². The number of aryl methyl sites for hydroxylation is 1. The van der Waals surface area contributed by atoms with Gasteiger partial charge < -0.3 is 15.7 Å². The molecule has 0 aliphatic heterocycles. The van der Waals surface area contributed by atoms with Crippen LogP contribution in [0.25, 0.3) is 0 Å². The zero-order valence-corrected chi connectivity index (χ0v) is 12.8. The van der Waals surface area contributed by atoms with Gasteiger partial charge in [-0.2, -0.15) is 0 Å². The summed E-state index contributed by atoms with van der Waals surface area (Å²) in [7, 11) is 0. The molecule has 22 heavy (non-hydrogen) atoms. The van der Waals surface area contributed by atoms with Crippen LogP contribution in [0.1, 0.15) is 29.3 Å². The maximum absolute atomic E-state index is 12.1. The minimum absolute atomic E-state index is 0.0251. The third-order valence-corrected chi connectivity index (χ3v) is 3.46. The van der Waals surface area contributed by atoms with Gasteiger partial charge in [0.25, 0.3) is 5.91 Å². The second-order valence-corrected chi connectivity index (χ2v) is 5.11. The van der Waals surface area contributed by atoms with Crippen LogP contribution in [0.4, 0.5) is 5.69 Å². The van der Waals surface area contributed by atoms with E-state index in [0.717, 1.165) is 30.6 Å². The summed E-state index contributed by atoms with van der Waals surface area (Å²) in [6.07, 6.45) is 1.65. The summed E-state index contributed by atoms with van der Waals surface area (Å²) in [5.41, 5.74) is 2.45. The lowest BCUT2D eigenvalue weighted by atomic mass is 10.1. The average molecular weight is 298 g/mol. The Morgan fingerprint density at radius 2 is 1.86 bits per heavy atom. The Morgan fingerprint density at radius 3 is 2.59 bits per heavy atom. The highest BCUT2D eigenvalue weighted by molar-refractivity contribution is 5.96. The SMILES string of the molecule is CCc1ccc(O)c(C(=O)NCCCNc2ccccc2)c1. The molecule has 116 valence electrons. The third kappa shape index (κ3) is 4.52. The predicted octanol–water partition coefficient (Wildman–Crippen LogP) is 3.19. The Balaban J connectivity index is 1.76. The number of anilines is 1. The largest absolute Gasteiger partial charge is 0.507 e. The van der Waals surface area contributed by atoms with Crippen molar-refractivity contribution in [3.8, 4) is 5.75 Å². The van der Waals surface area contributed by atoms with Crippen molar-refractivity contribution in [1.82, 2.24) is 5.32 Å². The molecule has 0 unspecified atom stereocenters. The fourth-order valence-corrected chi connectivity index (χ4v) is 2.16. The van der Waals surface area contributed by atoms with E-state index in [9.17, 15) is 9.90 Å². The number of benzene rings is 2. The van der Waals surface area contributed by atoms with Crippen LogP contribution in [0, 0.1) is 0 Å². The van der Waals surface area contributed by atoms with E-state index in [1.807, 2.05) is 43.3 Å². The van der Waals surface area contributed by atoms with Gasteiger partial charge in [-0.1, -0.05) is 31.2 Å². The molecule has 4 heteroatoms. The van der Waals surface area contributed by atoms with Crippen molar-refractivity contribution in [3.63, 3.8) is 0 Å². The number of rotatable bonds is 7. The zero-order valence-electron chi connectivity index (χ0n) is 12.8. The molecule has 3 N–H and O–H groups in total. The van der Waals surface area contributed by atoms with Crippen LogP contribution in [0.3, 0.4) is 0 Å². The first-order valence-corrected chi connectivity index (χ1v) is 7.59. The molecule has 0 aliphatic rings. The van der Waals surface area contributed by atoms with Crippen LogP contribution in [-0.4, -0.2) is 24.1 Å². The summed E-state index contributed by atoms with van der Waals surface area (Å²) < 4.78 is 0. The summed E-state index contributed by atoms with van der Waals surface area (Å²) in [6, 6.07) is 15.1. The quantitative estimate of drug-likeness (QED) is 0.688. The van der Waals surface area contributed by atoms with Crippen molar-refractivity contribution in [3.05, 3.63) is 59.7 Å². The fourth-order valence-electron chi connectivity index (χ4n) is 2.16. The van der Waals surface area contributed by atoms with Crippen LogP contribution in [0.2, 0.25) is 0 Å². The minimum atomic E-state index is -0.229. The smallest absolute Gasteiger partial charge is 0.255 e. The van der Waals surface area contributed by atoms with E-state index >= 15 is 0 Å². The maximum atomic E-state index is 12.1. The maximum Gasteiger partial charge on any atom is 0.255 e. The second kappa shape index (κ2) is 8.08. The van der Waals surface area contributed by atoms with E-state index in [2.05, 4.69) is 10.6 Å². The van der Waals surface area contributed by atoms with E-state index in [1.54, 1.807) is 12.1 Å². The molecule has 2 rings (SSSR count). The summed E-state index contributed by atoms with van der Waals surface area (Å²) >= 11 is 0. The summed E-state index contributed by atoms with van der Waals surface area (Å²) in [4.78, 5) is 12.1. The minimum Gasteiger partial charge on any atom is -0.507 e. The van der Waals surface area contributed by atoms with Crippen LogP contribution in [0.5, 0.6) is 5.75 Å². The van der Waals surface area contributed by atoms with Gasteiger partial charge in [-0.15, -0.1) is 0 Å². The highest BCUT2D eigenvalue weighted by atomic mass is 16.3. The molecule has 0 aliphatic carbocycles. The molecule has 0 atom stereocenters. The van der Waals surface area contributed by atoms with Gasteiger partial charge in [0.2, 0.25) is 0 Å². The number of amides is 1. The lowest BCUT2D eigenvalue weighted by Gasteiger charge is -2.09.